The average molecular weight is 643 g/mol. The zero-order chi connectivity index (χ0) is 31.9. The molecule has 3 aromatic rings. The topological polar surface area (TPSA) is 186 Å². The van der Waals surface area contributed by atoms with E-state index in [2.05, 4.69) is 10.0 Å². The number of rotatable bonds is 12. The fraction of sp³-hybridized carbons (Fsp3) is 0.333. The average Bonchev–Trinajstić information content (AvgIpc) is 2.98. The molecule has 2 atom stereocenters. The molecule has 1 aliphatic rings. The van der Waals surface area contributed by atoms with Crippen molar-refractivity contribution >= 4 is 56.1 Å². The van der Waals surface area contributed by atoms with Gasteiger partial charge in [-0.25, -0.2) is 8.42 Å². The van der Waals surface area contributed by atoms with E-state index in [-0.39, 0.29) is 29.9 Å². The number of carbonyl (C=O) groups excluding carboxylic acids is 2. The third kappa shape index (κ3) is 8.91. The van der Waals surface area contributed by atoms with Crippen LogP contribution in [-0.2, 0) is 31.0 Å². The summed E-state index contributed by atoms with van der Waals surface area (Å²) in [7, 11) is -4.33. The zero-order valence-corrected chi connectivity index (χ0v) is 25.5. The maximum absolute atomic E-state index is 13.8. The summed E-state index contributed by atoms with van der Waals surface area (Å²) in [6, 6.07) is 16.6. The number of benzene rings is 3. The smallest absolute Gasteiger partial charge is 0.323 e. The van der Waals surface area contributed by atoms with Gasteiger partial charge in [0, 0.05) is 31.2 Å². The Morgan fingerprint density at radius 2 is 1.84 bits per heavy atom. The van der Waals surface area contributed by atoms with E-state index >= 15 is 0 Å². The number of aliphatic carboxylic acids is 1. The molecule has 44 heavy (non-hydrogen) atoms. The molecule has 0 saturated carbocycles. The summed E-state index contributed by atoms with van der Waals surface area (Å²) in [4.78, 5) is 41.3. The number of likely N-dealkylation sites (tertiary alicyclic amines) is 1. The van der Waals surface area contributed by atoms with Crippen molar-refractivity contribution in [2.24, 2.45) is 11.7 Å². The van der Waals surface area contributed by atoms with Gasteiger partial charge < -0.3 is 26.0 Å². The lowest BCUT2D eigenvalue weighted by Gasteiger charge is -2.33. The maximum atomic E-state index is 13.8. The normalized spacial score (nSPS) is 15.8. The number of amides is 2. The minimum absolute atomic E-state index is 0.00591. The van der Waals surface area contributed by atoms with Crippen molar-refractivity contribution in [2.75, 3.05) is 26.2 Å². The number of hydrogen-bond donors (Lipinski definition) is 5. The van der Waals surface area contributed by atoms with Crippen molar-refractivity contribution in [1.82, 2.24) is 19.8 Å². The summed E-state index contributed by atoms with van der Waals surface area (Å²) in [6.07, 6.45) is 1.02. The van der Waals surface area contributed by atoms with Crippen LogP contribution in [0.4, 0.5) is 0 Å². The van der Waals surface area contributed by atoms with Gasteiger partial charge >= 0.3 is 5.97 Å². The maximum Gasteiger partial charge on any atom is 0.323 e. The molecule has 0 aliphatic carbocycles. The minimum Gasteiger partial charge on any atom is -0.480 e. The van der Waals surface area contributed by atoms with Gasteiger partial charge in [0.1, 0.15) is 12.6 Å². The fourth-order valence-electron chi connectivity index (χ4n) is 5.19. The van der Waals surface area contributed by atoms with Crippen molar-refractivity contribution in [1.29, 1.82) is 5.41 Å². The van der Waals surface area contributed by atoms with Crippen LogP contribution < -0.4 is 15.8 Å². The molecular weight excluding hydrogens is 608 g/mol. The van der Waals surface area contributed by atoms with Crippen LogP contribution in [0.3, 0.4) is 0 Å². The number of piperidine rings is 1. The highest BCUT2D eigenvalue weighted by molar-refractivity contribution is 7.89. The molecule has 234 valence electrons. The Bertz CT molecular complexity index is 1650. The van der Waals surface area contributed by atoms with Gasteiger partial charge in [-0.1, -0.05) is 54.1 Å². The number of nitrogens with one attached hydrogen (secondary N) is 3. The lowest BCUT2D eigenvalue weighted by Crippen LogP contribution is -2.52. The lowest BCUT2D eigenvalue weighted by molar-refractivity contribution is -0.146. The standard InChI is InChI=1S/C30H35ClN6O6S/c31-24-9-3-5-20(13-24)17-37(19-28(39)40)29(41)26(15-27(38)34-16-21-6-4-12-36(18-21)30(32)33)35-44(42,43)25-11-10-22-7-1-2-8-23(22)14-25/h1-3,5,7-11,13-14,21,26,35H,4,6,12,15-19H2,(H3,32,33)(H,34,38)(H,39,40)/t21-,26-/m0/s1. The second kappa shape index (κ2) is 14.5. The Hall–Kier alpha value is -4.20. The second-order valence-electron chi connectivity index (χ2n) is 10.7. The molecular formula is C30H35ClN6O6S. The van der Waals surface area contributed by atoms with E-state index in [4.69, 9.17) is 22.7 Å². The minimum atomic E-state index is -4.33. The van der Waals surface area contributed by atoms with Crippen molar-refractivity contribution < 1.29 is 27.9 Å². The van der Waals surface area contributed by atoms with Crippen molar-refractivity contribution in [3.8, 4) is 0 Å². The highest BCUT2D eigenvalue weighted by Gasteiger charge is 2.33. The molecule has 12 nitrogen and oxygen atoms in total. The monoisotopic (exact) mass is 642 g/mol. The Kier molecular flexibility index (Phi) is 10.8. The first-order valence-corrected chi connectivity index (χ1v) is 15.9. The van der Waals surface area contributed by atoms with E-state index in [0.29, 0.717) is 29.1 Å². The number of carboxylic acids is 1. The molecule has 3 aromatic carbocycles. The molecule has 4 rings (SSSR count). The predicted octanol–water partition coefficient (Wildman–Crippen LogP) is 2.37. The fourth-order valence-corrected chi connectivity index (χ4v) is 6.62. The van der Waals surface area contributed by atoms with E-state index in [0.717, 1.165) is 23.1 Å². The van der Waals surface area contributed by atoms with E-state index in [1.807, 2.05) is 12.1 Å². The number of nitrogens with two attached hydrogens (primary N) is 1. The lowest BCUT2D eigenvalue weighted by atomic mass is 9.98. The van der Waals surface area contributed by atoms with Crippen LogP contribution in [0.1, 0.15) is 24.8 Å². The molecule has 0 bridgehead atoms. The van der Waals surface area contributed by atoms with Gasteiger partial charge in [0.2, 0.25) is 21.8 Å². The summed E-state index contributed by atoms with van der Waals surface area (Å²) in [5.74, 6) is -2.83. The SMILES string of the molecule is N=C(N)N1CCC[C@@H](CNC(=O)C[C@H](NS(=O)(=O)c2ccc3ccccc3c2)C(=O)N(CC(=O)O)Cc2cccc(Cl)c2)C1. The Balaban J connectivity index is 1.57. The number of nitrogens with zero attached hydrogens (tertiary/aromatic N) is 2. The summed E-state index contributed by atoms with van der Waals surface area (Å²) in [5.41, 5.74) is 6.14. The molecule has 14 heteroatoms. The van der Waals surface area contributed by atoms with Gasteiger partial charge in [-0.2, -0.15) is 4.72 Å². The van der Waals surface area contributed by atoms with Crippen molar-refractivity contribution in [3.63, 3.8) is 0 Å². The first kappa shape index (κ1) is 32.7. The molecule has 1 heterocycles. The summed E-state index contributed by atoms with van der Waals surface area (Å²) in [5, 5.41) is 21.9. The number of halogens is 1. The Morgan fingerprint density at radius 3 is 2.55 bits per heavy atom. The van der Waals surface area contributed by atoms with Crippen molar-refractivity contribution in [2.45, 2.75) is 36.7 Å². The first-order valence-electron chi connectivity index (χ1n) is 14.0. The molecule has 0 spiro atoms. The first-order chi connectivity index (χ1) is 20.9. The quantitative estimate of drug-likeness (QED) is 0.147. The van der Waals surface area contributed by atoms with Gasteiger partial charge in [-0.15, -0.1) is 0 Å². The van der Waals surface area contributed by atoms with Gasteiger partial charge in [0.15, 0.2) is 5.96 Å². The predicted molar refractivity (Wildman–Crippen MR) is 166 cm³/mol. The summed E-state index contributed by atoms with van der Waals surface area (Å²) >= 11 is 6.08. The van der Waals surface area contributed by atoms with Crippen LogP contribution in [0.2, 0.25) is 5.02 Å². The highest BCUT2D eigenvalue weighted by Crippen LogP contribution is 2.21. The van der Waals surface area contributed by atoms with E-state index in [1.54, 1.807) is 47.4 Å². The van der Waals surface area contributed by atoms with Crippen LogP contribution in [0, 0.1) is 11.3 Å². The molecule has 1 fully saturated rings. The number of guanidine groups is 1. The number of sulfonamides is 1. The summed E-state index contributed by atoms with van der Waals surface area (Å²) < 4.78 is 29.4. The molecule has 6 N–H and O–H groups in total. The van der Waals surface area contributed by atoms with Gasteiger partial charge in [0.05, 0.1) is 11.3 Å². The third-order valence-electron chi connectivity index (χ3n) is 7.36. The largest absolute Gasteiger partial charge is 0.480 e. The van der Waals surface area contributed by atoms with Crippen LogP contribution >= 0.6 is 11.6 Å². The van der Waals surface area contributed by atoms with Crippen LogP contribution in [-0.4, -0.2) is 79.3 Å². The molecule has 0 radical (unpaired) electrons. The van der Waals surface area contributed by atoms with E-state index in [9.17, 15) is 27.9 Å². The molecule has 2 amide bonds. The Morgan fingerprint density at radius 1 is 1.09 bits per heavy atom. The van der Waals surface area contributed by atoms with Crippen LogP contribution in [0.5, 0.6) is 0 Å². The number of carboxylic acid groups (broad SMARTS) is 1. The number of carbonyl (C=O) groups is 3. The van der Waals surface area contributed by atoms with E-state index in [1.165, 1.54) is 12.1 Å². The van der Waals surface area contributed by atoms with Gasteiger partial charge in [-0.05, 0) is 59.4 Å². The highest BCUT2D eigenvalue weighted by atomic mass is 35.5. The Labute approximate surface area is 260 Å². The van der Waals surface area contributed by atoms with Crippen molar-refractivity contribution in [3.05, 3.63) is 77.3 Å². The third-order valence-corrected chi connectivity index (χ3v) is 9.07. The van der Waals surface area contributed by atoms with Crippen LogP contribution in [0.25, 0.3) is 10.8 Å². The molecule has 1 aliphatic heterocycles. The molecule has 0 unspecified atom stereocenters. The summed E-state index contributed by atoms with van der Waals surface area (Å²) in [6.45, 7) is 0.467. The second-order valence-corrected chi connectivity index (χ2v) is 12.9. The molecule has 1 saturated heterocycles. The van der Waals surface area contributed by atoms with E-state index < -0.39 is 46.8 Å². The zero-order valence-electron chi connectivity index (χ0n) is 23.9. The van der Waals surface area contributed by atoms with Crippen LogP contribution in [0.15, 0.2) is 71.6 Å². The molecule has 0 aromatic heterocycles. The van der Waals surface area contributed by atoms with Gasteiger partial charge in [-0.3, -0.25) is 19.8 Å². The van der Waals surface area contributed by atoms with Gasteiger partial charge in [0.25, 0.3) is 0 Å². The number of hydrogen-bond acceptors (Lipinski definition) is 6. The number of fused-ring (bicyclic) bond motifs is 1.